The van der Waals surface area contributed by atoms with Gasteiger partial charge in [-0.3, -0.25) is 9.59 Å². The van der Waals surface area contributed by atoms with E-state index < -0.39 is 11.6 Å². The van der Waals surface area contributed by atoms with E-state index in [1.54, 1.807) is 34.1 Å². The van der Waals surface area contributed by atoms with Gasteiger partial charge in [-0.05, 0) is 37.0 Å². The van der Waals surface area contributed by atoms with E-state index in [9.17, 15) is 14.7 Å². The van der Waals surface area contributed by atoms with Crippen molar-refractivity contribution in [2.24, 2.45) is 5.92 Å². The van der Waals surface area contributed by atoms with Crippen LogP contribution in [-0.4, -0.2) is 84.4 Å². The summed E-state index contributed by atoms with van der Waals surface area (Å²) in [5, 5.41) is 10.3. The minimum absolute atomic E-state index is 0.0504. The number of hydrogen-bond donors (Lipinski definition) is 1. The van der Waals surface area contributed by atoms with Gasteiger partial charge < -0.3 is 24.4 Å². The molecule has 7 heteroatoms. The Kier molecular flexibility index (Phi) is 5.59. The summed E-state index contributed by atoms with van der Waals surface area (Å²) in [5.41, 5.74) is 0.346. The summed E-state index contributed by atoms with van der Waals surface area (Å²) in [7, 11) is 0. The van der Waals surface area contributed by atoms with Gasteiger partial charge in [0.25, 0.3) is 11.8 Å². The zero-order valence-corrected chi connectivity index (χ0v) is 16.4. The lowest BCUT2D eigenvalue weighted by molar-refractivity contribution is -0.144. The van der Waals surface area contributed by atoms with Gasteiger partial charge in [0.15, 0.2) is 0 Å². The highest BCUT2D eigenvalue weighted by Crippen LogP contribution is 2.34. The molecule has 0 bridgehead atoms. The number of carbonyl (C=O) groups excluding carboxylic acids is 2. The quantitative estimate of drug-likeness (QED) is 0.751. The second-order valence-electron chi connectivity index (χ2n) is 8.05. The summed E-state index contributed by atoms with van der Waals surface area (Å²) in [5.74, 6) is 2.16. The molecular formula is C22H26N2O5. The van der Waals surface area contributed by atoms with Crippen molar-refractivity contribution >= 4 is 11.8 Å². The third-order valence-electron chi connectivity index (χ3n) is 5.92. The molecule has 1 aromatic carbocycles. The van der Waals surface area contributed by atoms with Gasteiger partial charge in [0.2, 0.25) is 0 Å². The van der Waals surface area contributed by atoms with Crippen LogP contribution in [0.4, 0.5) is 0 Å². The molecule has 4 rings (SSSR count). The number of rotatable bonds is 3. The SMILES string of the molecule is C#Cc1cccc(C(=O)N2CCOCC23COCCN(C(=O)C(O)C2CC2)C3)c1. The molecule has 3 aliphatic rings. The Labute approximate surface area is 170 Å². The van der Waals surface area contributed by atoms with Crippen molar-refractivity contribution in [3.05, 3.63) is 35.4 Å². The number of terminal acetylenes is 1. The fraction of sp³-hybridized carbons (Fsp3) is 0.545. The molecule has 3 fully saturated rings. The van der Waals surface area contributed by atoms with Crippen molar-refractivity contribution in [2.75, 3.05) is 46.1 Å². The van der Waals surface area contributed by atoms with Crippen LogP contribution in [0.3, 0.4) is 0 Å². The molecule has 2 amide bonds. The van der Waals surface area contributed by atoms with Crippen LogP contribution in [0.15, 0.2) is 24.3 Å². The van der Waals surface area contributed by atoms with Crippen LogP contribution >= 0.6 is 0 Å². The smallest absolute Gasteiger partial charge is 0.254 e. The molecule has 29 heavy (non-hydrogen) atoms. The molecule has 2 aliphatic heterocycles. The molecule has 1 spiro atoms. The van der Waals surface area contributed by atoms with Crippen LogP contribution in [0.2, 0.25) is 0 Å². The van der Waals surface area contributed by atoms with Crippen LogP contribution in [0.5, 0.6) is 0 Å². The Morgan fingerprint density at radius 2 is 1.93 bits per heavy atom. The maximum atomic E-state index is 13.4. The van der Waals surface area contributed by atoms with Crippen LogP contribution in [0.25, 0.3) is 0 Å². The normalized spacial score (nSPS) is 25.9. The molecule has 0 radical (unpaired) electrons. The minimum atomic E-state index is -0.980. The summed E-state index contributed by atoms with van der Waals surface area (Å²) in [6.45, 7) is 2.39. The molecule has 1 saturated carbocycles. The van der Waals surface area contributed by atoms with Gasteiger partial charge in [-0.25, -0.2) is 0 Å². The summed E-state index contributed by atoms with van der Waals surface area (Å²) in [6, 6.07) is 6.98. The van der Waals surface area contributed by atoms with Gasteiger partial charge in [-0.1, -0.05) is 12.0 Å². The lowest BCUT2D eigenvalue weighted by Gasteiger charge is -2.47. The molecule has 1 N–H and O–H groups in total. The lowest BCUT2D eigenvalue weighted by atomic mass is 9.95. The van der Waals surface area contributed by atoms with Crippen molar-refractivity contribution in [1.29, 1.82) is 0 Å². The Morgan fingerprint density at radius 1 is 1.21 bits per heavy atom. The summed E-state index contributed by atoms with van der Waals surface area (Å²) >= 11 is 0. The van der Waals surface area contributed by atoms with E-state index in [2.05, 4.69) is 5.92 Å². The Bertz CT molecular complexity index is 831. The number of aliphatic hydroxyl groups excluding tert-OH is 1. The van der Waals surface area contributed by atoms with Crippen molar-refractivity contribution in [1.82, 2.24) is 9.80 Å². The van der Waals surface area contributed by atoms with E-state index in [1.165, 1.54) is 0 Å². The predicted molar refractivity (Wildman–Crippen MR) is 105 cm³/mol. The maximum Gasteiger partial charge on any atom is 0.254 e. The number of ether oxygens (including phenoxy) is 2. The number of morpholine rings is 1. The van der Waals surface area contributed by atoms with E-state index in [1.807, 2.05) is 0 Å². The summed E-state index contributed by atoms with van der Waals surface area (Å²) in [6.07, 6.45) is 6.25. The molecular weight excluding hydrogens is 372 g/mol. The fourth-order valence-corrected chi connectivity index (χ4v) is 4.10. The fourth-order valence-electron chi connectivity index (χ4n) is 4.10. The van der Waals surface area contributed by atoms with E-state index in [0.29, 0.717) is 37.4 Å². The molecule has 2 saturated heterocycles. The summed E-state index contributed by atoms with van der Waals surface area (Å²) in [4.78, 5) is 29.6. The van der Waals surface area contributed by atoms with Gasteiger partial charge in [0.05, 0.1) is 26.4 Å². The van der Waals surface area contributed by atoms with E-state index in [4.69, 9.17) is 15.9 Å². The molecule has 2 heterocycles. The number of aliphatic hydroxyl groups is 1. The van der Waals surface area contributed by atoms with Gasteiger partial charge >= 0.3 is 0 Å². The average molecular weight is 398 g/mol. The predicted octanol–water partition coefficient (Wildman–Crippen LogP) is 0.509. The van der Waals surface area contributed by atoms with Crippen LogP contribution in [-0.2, 0) is 14.3 Å². The topological polar surface area (TPSA) is 79.3 Å². The lowest BCUT2D eigenvalue weighted by Crippen LogP contribution is -2.66. The van der Waals surface area contributed by atoms with Crippen LogP contribution in [0.1, 0.15) is 28.8 Å². The molecule has 1 aromatic rings. The highest BCUT2D eigenvalue weighted by molar-refractivity contribution is 5.95. The maximum absolute atomic E-state index is 13.4. The molecule has 1 aliphatic carbocycles. The second-order valence-corrected chi connectivity index (χ2v) is 8.05. The number of hydrogen-bond acceptors (Lipinski definition) is 5. The van der Waals surface area contributed by atoms with E-state index in [0.717, 1.165) is 12.8 Å². The first-order valence-corrected chi connectivity index (χ1v) is 10.0. The Morgan fingerprint density at radius 3 is 2.62 bits per heavy atom. The molecule has 154 valence electrons. The highest BCUT2D eigenvalue weighted by Gasteiger charge is 2.47. The minimum Gasteiger partial charge on any atom is -0.383 e. The van der Waals surface area contributed by atoms with E-state index >= 15 is 0 Å². The van der Waals surface area contributed by atoms with Gasteiger partial charge in [0, 0.05) is 30.8 Å². The zero-order chi connectivity index (χ0) is 20.4. The number of nitrogens with zero attached hydrogens (tertiary/aromatic N) is 2. The third-order valence-corrected chi connectivity index (χ3v) is 5.92. The zero-order valence-electron chi connectivity index (χ0n) is 16.4. The molecule has 2 unspecified atom stereocenters. The van der Waals surface area contributed by atoms with Gasteiger partial charge in [-0.2, -0.15) is 0 Å². The third kappa shape index (κ3) is 4.01. The Hall–Kier alpha value is -2.40. The van der Waals surface area contributed by atoms with Crippen molar-refractivity contribution < 1.29 is 24.2 Å². The van der Waals surface area contributed by atoms with Crippen LogP contribution in [0, 0.1) is 18.3 Å². The van der Waals surface area contributed by atoms with E-state index in [-0.39, 0.29) is 37.5 Å². The van der Waals surface area contributed by atoms with Crippen molar-refractivity contribution in [2.45, 2.75) is 24.5 Å². The largest absolute Gasteiger partial charge is 0.383 e. The molecule has 2 atom stereocenters. The first kappa shape index (κ1) is 19.9. The van der Waals surface area contributed by atoms with Gasteiger partial charge in [-0.15, -0.1) is 6.42 Å². The molecule has 0 aromatic heterocycles. The van der Waals surface area contributed by atoms with Crippen molar-refractivity contribution in [3.63, 3.8) is 0 Å². The first-order valence-electron chi connectivity index (χ1n) is 10.0. The number of amides is 2. The first-order chi connectivity index (χ1) is 14.0. The average Bonchev–Trinajstić information content (AvgIpc) is 3.61. The van der Waals surface area contributed by atoms with Crippen molar-refractivity contribution in [3.8, 4) is 12.3 Å². The standard InChI is InChI=1S/C22H26N2O5/c1-2-16-4-3-5-18(12-16)20(26)24-9-11-29-15-22(24)13-23(8-10-28-14-22)21(27)19(25)17-6-7-17/h1,3-5,12,17,19,25H,6-11,13-15H2. The second kappa shape index (κ2) is 8.15. The monoisotopic (exact) mass is 398 g/mol. The number of benzene rings is 1. The van der Waals surface area contributed by atoms with Crippen LogP contribution < -0.4 is 0 Å². The highest BCUT2D eigenvalue weighted by atomic mass is 16.5. The van der Waals surface area contributed by atoms with Gasteiger partial charge in [0.1, 0.15) is 11.6 Å². The molecule has 7 nitrogen and oxygen atoms in total. The number of carbonyl (C=O) groups is 2. The Balaban J connectivity index is 1.60. The summed E-state index contributed by atoms with van der Waals surface area (Å²) < 4.78 is 11.5.